The van der Waals surface area contributed by atoms with Crippen molar-refractivity contribution in [2.45, 2.75) is 25.5 Å². The number of nitrogens with zero attached hydrogens (tertiary/aromatic N) is 2. The van der Waals surface area contributed by atoms with Gasteiger partial charge in [-0.1, -0.05) is 17.7 Å². The maximum atomic E-state index is 14.4. The molecule has 0 bridgehead atoms. The van der Waals surface area contributed by atoms with Crippen LogP contribution in [0.3, 0.4) is 0 Å². The molecule has 1 saturated heterocycles. The average molecular weight is 360 g/mol. The lowest BCUT2D eigenvalue weighted by atomic mass is 10.1. The summed E-state index contributed by atoms with van der Waals surface area (Å²) in [7, 11) is 0. The molecule has 0 saturated carbocycles. The molecule has 3 rings (SSSR count). The third-order valence-electron chi connectivity index (χ3n) is 4.40. The van der Waals surface area contributed by atoms with E-state index in [0.29, 0.717) is 48.7 Å². The van der Waals surface area contributed by atoms with Gasteiger partial charge in [0.2, 0.25) is 0 Å². The first-order valence-corrected chi connectivity index (χ1v) is 8.59. The van der Waals surface area contributed by atoms with Crippen molar-refractivity contribution in [2.24, 2.45) is 0 Å². The Hall–Kier alpha value is -2.29. The first-order valence-electron chi connectivity index (χ1n) is 8.22. The Morgan fingerprint density at radius 1 is 1.24 bits per heavy atom. The van der Waals surface area contributed by atoms with Gasteiger partial charge in [0.1, 0.15) is 11.9 Å². The van der Waals surface area contributed by atoms with Gasteiger partial charge in [-0.3, -0.25) is 0 Å². The van der Waals surface area contributed by atoms with E-state index in [0.717, 1.165) is 11.3 Å². The fourth-order valence-electron chi connectivity index (χ4n) is 2.94. The van der Waals surface area contributed by atoms with Crippen molar-refractivity contribution >= 4 is 23.0 Å². The summed E-state index contributed by atoms with van der Waals surface area (Å²) in [6.07, 6.45) is 1.06. The van der Waals surface area contributed by atoms with E-state index in [4.69, 9.17) is 16.9 Å². The molecule has 2 N–H and O–H groups in total. The summed E-state index contributed by atoms with van der Waals surface area (Å²) in [4.78, 5) is 1.97. The van der Waals surface area contributed by atoms with Gasteiger partial charge in [0.15, 0.2) is 0 Å². The zero-order valence-electron chi connectivity index (χ0n) is 13.7. The first-order chi connectivity index (χ1) is 12.1. The Kier molecular flexibility index (Phi) is 5.42. The van der Waals surface area contributed by atoms with Crippen LogP contribution in [0.25, 0.3) is 0 Å². The molecule has 25 heavy (non-hydrogen) atoms. The number of nitriles is 1. The Labute approximate surface area is 151 Å². The Morgan fingerprint density at radius 2 is 2.00 bits per heavy atom. The molecule has 2 aromatic rings. The van der Waals surface area contributed by atoms with Crippen molar-refractivity contribution in [1.82, 2.24) is 0 Å². The minimum atomic E-state index is -0.276. The third-order valence-corrected chi connectivity index (χ3v) is 4.72. The average Bonchev–Trinajstić information content (AvgIpc) is 2.61. The van der Waals surface area contributed by atoms with Gasteiger partial charge < -0.3 is 15.3 Å². The summed E-state index contributed by atoms with van der Waals surface area (Å²) in [5.41, 5.74) is 2.60. The Balaban J connectivity index is 1.65. The summed E-state index contributed by atoms with van der Waals surface area (Å²) < 4.78 is 14.4. The highest BCUT2D eigenvalue weighted by atomic mass is 35.5. The van der Waals surface area contributed by atoms with E-state index in [1.54, 1.807) is 24.3 Å². The van der Waals surface area contributed by atoms with E-state index in [1.807, 2.05) is 17.0 Å². The standard InChI is InChI=1S/C19H19ClFN3O/c20-17-10-15(3-2-14(17)11-22)23-12-13-1-4-19(18(21)9-13)24-7-5-16(25)6-8-24/h1-4,9-10,16,23,25H,5-8,12H2. The largest absolute Gasteiger partial charge is 0.393 e. The van der Waals surface area contributed by atoms with Crippen LogP contribution in [0.1, 0.15) is 24.0 Å². The Bertz CT molecular complexity index is 798. The Morgan fingerprint density at radius 3 is 2.64 bits per heavy atom. The normalized spacial score (nSPS) is 15.0. The summed E-state index contributed by atoms with van der Waals surface area (Å²) in [5, 5.41) is 22.0. The number of piperidine rings is 1. The molecule has 0 aliphatic carbocycles. The molecule has 130 valence electrons. The van der Waals surface area contributed by atoms with Crippen LogP contribution < -0.4 is 10.2 Å². The minimum Gasteiger partial charge on any atom is -0.393 e. The summed E-state index contributed by atoms with van der Waals surface area (Å²) in [5.74, 6) is -0.256. The van der Waals surface area contributed by atoms with Crippen LogP contribution in [0.5, 0.6) is 0 Å². The third kappa shape index (κ3) is 4.22. The number of aliphatic hydroxyl groups is 1. The fraction of sp³-hybridized carbons (Fsp3) is 0.316. The monoisotopic (exact) mass is 359 g/mol. The van der Waals surface area contributed by atoms with E-state index in [9.17, 15) is 9.50 Å². The van der Waals surface area contributed by atoms with Crippen LogP contribution in [0.4, 0.5) is 15.8 Å². The molecule has 0 aromatic heterocycles. The van der Waals surface area contributed by atoms with Crippen molar-refractivity contribution in [1.29, 1.82) is 5.26 Å². The maximum Gasteiger partial charge on any atom is 0.146 e. The van der Waals surface area contributed by atoms with Crippen molar-refractivity contribution in [3.63, 3.8) is 0 Å². The molecule has 0 spiro atoms. The quantitative estimate of drug-likeness (QED) is 0.868. The molecule has 1 fully saturated rings. The lowest BCUT2D eigenvalue weighted by Gasteiger charge is -2.31. The number of aliphatic hydroxyl groups excluding tert-OH is 1. The molecule has 0 atom stereocenters. The predicted octanol–water partition coefficient (Wildman–Crippen LogP) is 3.92. The van der Waals surface area contributed by atoms with Crippen LogP contribution in [0.15, 0.2) is 36.4 Å². The van der Waals surface area contributed by atoms with Gasteiger partial charge in [-0.2, -0.15) is 5.26 Å². The zero-order valence-corrected chi connectivity index (χ0v) is 14.4. The van der Waals surface area contributed by atoms with Crippen molar-refractivity contribution in [2.75, 3.05) is 23.3 Å². The van der Waals surface area contributed by atoms with Gasteiger partial charge in [0, 0.05) is 25.3 Å². The van der Waals surface area contributed by atoms with E-state index in [2.05, 4.69) is 5.32 Å². The zero-order chi connectivity index (χ0) is 17.8. The smallest absolute Gasteiger partial charge is 0.146 e. The van der Waals surface area contributed by atoms with Gasteiger partial charge >= 0.3 is 0 Å². The molecular weight excluding hydrogens is 341 g/mol. The van der Waals surface area contributed by atoms with E-state index in [-0.39, 0.29) is 11.9 Å². The molecule has 6 heteroatoms. The minimum absolute atomic E-state index is 0.256. The van der Waals surface area contributed by atoms with Gasteiger partial charge in [-0.25, -0.2) is 4.39 Å². The number of halogens is 2. The first kappa shape index (κ1) is 17.5. The van der Waals surface area contributed by atoms with E-state index in [1.165, 1.54) is 6.07 Å². The van der Waals surface area contributed by atoms with E-state index < -0.39 is 0 Å². The number of benzene rings is 2. The molecule has 1 aliphatic heterocycles. The molecule has 0 unspecified atom stereocenters. The van der Waals surface area contributed by atoms with Crippen LogP contribution in [0.2, 0.25) is 5.02 Å². The summed E-state index contributed by atoms with van der Waals surface area (Å²) in [6.45, 7) is 1.79. The van der Waals surface area contributed by atoms with E-state index >= 15 is 0 Å². The highest BCUT2D eigenvalue weighted by Crippen LogP contribution is 2.25. The second kappa shape index (κ2) is 7.73. The highest BCUT2D eigenvalue weighted by Gasteiger charge is 2.19. The van der Waals surface area contributed by atoms with Gasteiger partial charge in [0.25, 0.3) is 0 Å². The van der Waals surface area contributed by atoms with Crippen LogP contribution in [-0.4, -0.2) is 24.3 Å². The van der Waals surface area contributed by atoms with Gasteiger partial charge in [-0.15, -0.1) is 0 Å². The number of rotatable bonds is 4. The van der Waals surface area contributed by atoms with Crippen LogP contribution in [-0.2, 0) is 6.54 Å². The molecule has 0 radical (unpaired) electrons. The lowest BCUT2D eigenvalue weighted by molar-refractivity contribution is 0.145. The number of hydrogen-bond donors (Lipinski definition) is 2. The van der Waals surface area contributed by atoms with Gasteiger partial charge in [0.05, 0.1) is 22.4 Å². The second-order valence-corrected chi connectivity index (χ2v) is 6.57. The highest BCUT2D eigenvalue weighted by molar-refractivity contribution is 6.32. The molecule has 0 amide bonds. The van der Waals surface area contributed by atoms with Crippen molar-refractivity contribution in [3.05, 3.63) is 58.4 Å². The molecule has 1 aliphatic rings. The topological polar surface area (TPSA) is 59.3 Å². The molecule has 4 nitrogen and oxygen atoms in total. The molecular formula is C19H19ClFN3O. The summed E-state index contributed by atoms with van der Waals surface area (Å²) >= 11 is 6.01. The van der Waals surface area contributed by atoms with Crippen molar-refractivity contribution in [3.8, 4) is 6.07 Å². The van der Waals surface area contributed by atoms with Crippen LogP contribution in [0, 0.1) is 17.1 Å². The predicted molar refractivity (Wildman–Crippen MR) is 97.3 cm³/mol. The second-order valence-electron chi connectivity index (χ2n) is 6.16. The fourth-order valence-corrected chi connectivity index (χ4v) is 3.17. The maximum absolute atomic E-state index is 14.4. The number of nitrogens with one attached hydrogen (secondary N) is 1. The molecule has 1 heterocycles. The summed E-state index contributed by atoms with van der Waals surface area (Å²) in [6, 6.07) is 12.3. The lowest BCUT2D eigenvalue weighted by Crippen LogP contribution is -2.36. The van der Waals surface area contributed by atoms with Gasteiger partial charge in [-0.05, 0) is 48.7 Å². The van der Waals surface area contributed by atoms with Crippen LogP contribution >= 0.6 is 11.6 Å². The number of anilines is 2. The number of hydrogen-bond acceptors (Lipinski definition) is 4. The SMILES string of the molecule is N#Cc1ccc(NCc2ccc(N3CCC(O)CC3)c(F)c2)cc1Cl. The molecule has 2 aromatic carbocycles. The van der Waals surface area contributed by atoms with Crippen molar-refractivity contribution < 1.29 is 9.50 Å².